The van der Waals surface area contributed by atoms with Gasteiger partial charge >= 0.3 is 0 Å². The van der Waals surface area contributed by atoms with Gasteiger partial charge in [-0.2, -0.15) is 5.10 Å². The van der Waals surface area contributed by atoms with Crippen molar-refractivity contribution < 1.29 is 4.79 Å². The minimum atomic E-state index is 0.0942. The molecule has 0 saturated carbocycles. The second-order valence-corrected chi connectivity index (χ2v) is 4.44. The van der Waals surface area contributed by atoms with Crippen molar-refractivity contribution in [3.05, 3.63) is 18.0 Å². The smallest absolute Gasteiger partial charge is 0.220 e. The van der Waals surface area contributed by atoms with Crippen LogP contribution in [0.4, 0.5) is 0 Å². The van der Waals surface area contributed by atoms with Crippen LogP contribution < -0.4 is 10.6 Å². The highest BCUT2D eigenvalue weighted by Gasteiger charge is 2.03. The van der Waals surface area contributed by atoms with Crippen LogP contribution in [0.5, 0.6) is 0 Å². The third-order valence-electron chi connectivity index (χ3n) is 2.52. The lowest BCUT2D eigenvalue weighted by Gasteiger charge is -2.08. The first-order valence-corrected chi connectivity index (χ1v) is 6.06. The largest absolute Gasteiger partial charge is 0.350 e. The lowest BCUT2D eigenvalue weighted by molar-refractivity contribution is -0.121. The quantitative estimate of drug-likeness (QED) is 0.691. The van der Waals surface area contributed by atoms with Crippen molar-refractivity contribution in [1.29, 1.82) is 0 Å². The third-order valence-corrected chi connectivity index (χ3v) is 2.52. The number of hydrogen-bond donors (Lipinski definition) is 2. The summed E-state index contributed by atoms with van der Waals surface area (Å²) in [4.78, 5) is 11.5. The monoisotopic (exact) mass is 238 g/mol. The number of nitrogens with zero attached hydrogens (tertiary/aromatic N) is 2. The summed E-state index contributed by atoms with van der Waals surface area (Å²) in [5.74, 6) is 0.0942. The molecular weight excluding hydrogens is 216 g/mol. The first-order valence-electron chi connectivity index (χ1n) is 6.06. The predicted octanol–water partition coefficient (Wildman–Crippen LogP) is 0.814. The Morgan fingerprint density at radius 2 is 2.29 bits per heavy atom. The van der Waals surface area contributed by atoms with Crippen molar-refractivity contribution in [2.45, 2.75) is 39.3 Å². The molecule has 0 unspecified atom stereocenters. The zero-order valence-electron chi connectivity index (χ0n) is 10.9. The number of rotatable bonds is 7. The van der Waals surface area contributed by atoms with Crippen LogP contribution in [-0.4, -0.2) is 28.3 Å². The van der Waals surface area contributed by atoms with Crippen molar-refractivity contribution in [2.75, 3.05) is 6.54 Å². The molecule has 17 heavy (non-hydrogen) atoms. The minimum absolute atomic E-state index is 0.0942. The maximum atomic E-state index is 11.5. The summed E-state index contributed by atoms with van der Waals surface area (Å²) in [5.41, 5.74) is 1.01. The Bertz CT molecular complexity index is 346. The summed E-state index contributed by atoms with van der Waals surface area (Å²) in [6, 6.07) is 2.38. The van der Waals surface area contributed by atoms with E-state index in [0.717, 1.165) is 18.7 Å². The van der Waals surface area contributed by atoms with Crippen molar-refractivity contribution in [2.24, 2.45) is 7.05 Å². The summed E-state index contributed by atoms with van der Waals surface area (Å²) in [6.07, 6.45) is 3.17. The SMILES string of the molecule is CC(C)NCCCC(=O)NCc1ccnn1C. The molecule has 1 heterocycles. The van der Waals surface area contributed by atoms with Gasteiger partial charge in [-0.3, -0.25) is 9.48 Å². The fourth-order valence-corrected chi connectivity index (χ4v) is 1.49. The number of carbonyl (C=O) groups excluding carboxylic acids is 1. The lowest BCUT2D eigenvalue weighted by Crippen LogP contribution is -2.27. The van der Waals surface area contributed by atoms with Crippen LogP contribution in [-0.2, 0) is 18.4 Å². The Kier molecular flexibility index (Phi) is 5.69. The Balaban J connectivity index is 2.11. The second-order valence-electron chi connectivity index (χ2n) is 4.44. The maximum Gasteiger partial charge on any atom is 0.220 e. The highest BCUT2D eigenvalue weighted by molar-refractivity contribution is 5.75. The van der Waals surface area contributed by atoms with E-state index in [9.17, 15) is 4.79 Å². The topological polar surface area (TPSA) is 59.0 Å². The van der Waals surface area contributed by atoms with Gasteiger partial charge < -0.3 is 10.6 Å². The number of aryl methyl sites for hydroxylation is 1. The van der Waals surface area contributed by atoms with Gasteiger partial charge in [0.15, 0.2) is 0 Å². The molecule has 1 rings (SSSR count). The fourth-order valence-electron chi connectivity index (χ4n) is 1.49. The summed E-state index contributed by atoms with van der Waals surface area (Å²) < 4.78 is 1.76. The molecule has 0 aromatic carbocycles. The molecule has 5 nitrogen and oxygen atoms in total. The molecule has 5 heteroatoms. The molecule has 1 aromatic heterocycles. The van der Waals surface area contributed by atoms with Crippen molar-refractivity contribution in [1.82, 2.24) is 20.4 Å². The van der Waals surface area contributed by atoms with Crippen LogP contribution in [0.3, 0.4) is 0 Å². The first kappa shape index (κ1) is 13.7. The predicted molar refractivity (Wildman–Crippen MR) is 67.4 cm³/mol. The van der Waals surface area contributed by atoms with Crippen LogP contribution in [0.25, 0.3) is 0 Å². The van der Waals surface area contributed by atoms with Gasteiger partial charge in [0, 0.05) is 25.7 Å². The van der Waals surface area contributed by atoms with Gasteiger partial charge in [0.1, 0.15) is 0 Å². The summed E-state index contributed by atoms with van der Waals surface area (Å²) >= 11 is 0. The van der Waals surface area contributed by atoms with Gasteiger partial charge in [-0.05, 0) is 19.0 Å². The van der Waals surface area contributed by atoms with Gasteiger partial charge in [-0.1, -0.05) is 13.8 Å². The lowest BCUT2D eigenvalue weighted by atomic mass is 10.2. The Labute approximate surface area is 103 Å². The number of nitrogens with one attached hydrogen (secondary N) is 2. The normalized spacial score (nSPS) is 10.8. The first-order chi connectivity index (χ1) is 8.09. The highest BCUT2D eigenvalue weighted by atomic mass is 16.1. The zero-order chi connectivity index (χ0) is 12.7. The molecule has 0 fully saturated rings. The molecule has 0 aliphatic carbocycles. The van der Waals surface area contributed by atoms with Crippen LogP contribution in [0.2, 0.25) is 0 Å². The summed E-state index contributed by atoms with van der Waals surface area (Å²) in [5, 5.41) is 10.2. The van der Waals surface area contributed by atoms with Crippen molar-refractivity contribution in [3.63, 3.8) is 0 Å². The van der Waals surface area contributed by atoms with Gasteiger partial charge in [0.2, 0.25) is 5.91 Å². The van der Waals surface area contributed by atoms with E-state index < -0.39 is 0 Å². The summed E-state index contributed by atoms with van der Waals surface area (Å²) in [7, 11) is 1.87. The van der Waals surface area contributed by atoms with E-state index in [1.807, 2.05) is 13.1 Å². The molecule has 96 valence electrons. The molecule has 0 aliphatic heterocycles. The highest BCUT2D eigenvalue weighted by Crippen LogP contribution is 1.96. The van der Waals surface area contributed by atoms with E-state index in [2.05, 4.69) is 29.6 Å². The van der Waals surface area contributed by atoms with E-state index in [1.165, 1.54) is 0 Å². The molecule has 0 aliphatic rings. The Morgan fingerprint density at radius 1 is 1.53 bits per heavy atom. The van der Waals surface area contributed by atoms with Gasteiger partial charge in [0.25, 0.3) is 0 Å². The molecule has 0 atom stereocenters. The molecule has 2 N–H and O–H groups in total. The number of hydrogen-bond acceptors (Lipinski definition) is 3. The van der Waals surface area contributed by atoms with Crippen LogP contribution in [0.15, 0.2) is 12.3 Å². The van der Waals surface area contributed by atoms with Gasteiger partial charge in [-0.25, -0.2) is 0 Å². The van der Waals surface area contributed by atoms with E-state index in [0.29, 0.717) is 19.0 Å². The third kappa shape index (κ3) is 5.49. The maximum absolute atomic E-state index is 11.5. The fraction of sp³-hybridized carbons (Fsp3) is 0.667. The number of aromatic nitrogens is 2. The van der Waals surface area contributed by atoms with Crippen LogP contribution >= 0.6 is 0 Å². The molecular formula is C12H22N4O. The Morgan fingerprint density at radius 3 is 2.88 bits per heavy atom. The Hall–Kier alpha value is -1.36. The van der Waals surface area contributed by atoms with Gasteiger partial charge in [0.05, 0.1) is 12.2 Å². The standard InChI is InChI=1S/C12H22N4O/c1-10(2)13-7-4-5-12(17)14-9-11-6-8-15-16(11)3/h6,8,10,13H,4-5,7,9H2,1-3H3,(H,14,17). The average Bonchev–Trinajstić information content (AvgIpc) is 2.67. The van der Waals surface area contributed by atoms with Crippen molar-refractivity contribution in [3.8, 4) is 0 Å². The van der Waals surface area contributed by atoms with E-state index in [-0.39, 0.29) is 5.91 Å². The molecule has 1 aromatic rings. The number of amides is 1. The second kappa shape index (κ2) is 7.06. The molecule has 0 bridgehead atoms. The van der Waals surface area contributed by atoms with E-state index in [4.69, 9.17) is 0 Å². The van der Waals surface area contributed by atoms with E-state index >= 15 is 0 Å². The number of carbonyl (C=O) groups is 1. The molecule has 0 spiro atoms. The van der Waals surface area contributed by atoms with E-state index in [1.54, 1.807) is 10.9 Å². The molecule has 0 saturated heterocycles. The van der Waals surface area contributed by atoms with Crippen molar-refractivity contribution >= 4 is 5.91 Å². The molecule has 1 amide bonds. The van der Waals surface area contributed by atoms with Crippen LogP contribution in [0, 0.1) is 0 Å². The minimum Gasteiger partial charge on any atom is -0.350 e. The van der Waals surface area contributed by atoms with Crippen LogP contribution in [0.1, 0.15) is 32.4 Å². The van der Waals surface area contributed by atoms with Gasteiger partial charge in [-0.15, -0.1) is 0 Å². The average molecular weight is 238 g/mol. The molecule has 0 radical (unpaired) electrons. The zero-order valence-corrected chi connectivity index (χ0v) is 10.9. The summed E-state index contributed by atoms with van der Waals surface area (Å²) in [6.45, 7) is 5.63.